The molecule has 2 aromatic rings. The third-order valence-electron chi connectivity index (χ3n) is 4.64. The quantitative estimate of drug-likeness (QED) is 0.666. The van der Waals surface area contributed by atoms with Gasteiger partial charge in [-0.1, -0.05) is 44.2 Å². The predicted octanol–water partition coefficient (Wildman–Crippen LogP) is 2.16. The van der Waals surface area contributed by atoms with Gasteiger partial charge < -0.3 is 10.1 Å². The number of likely N-dealkylation sites (N-methyl/N-ethyl adjacent to an activating group) is 1. The molecule has 0 fully saturated rings. The number of hydrogen-bond acceptors (Lipinski definition) is 5. The van der Waals surface area contributed by atoms with Crippen molar-refractivity contribution in [3.8, 4) is 5.75 Å². The van der Waals surface area contributed by atoms with E-state index < -0.39 is 15.9 Å². The topological polar surface area (TPSA) is 102 Å². The van der Waals surface area contributed by atoms with E-state index in [0.717, 1.165) is 18.7 Å². The number of rotatable bonds is 9. The summed E-state index contributed by atoms with van der Waals surface area (Å²) < 4.78 is 28.5. The average Bonchev–Trinajstić information content (AvgIpc) is 2.70. The average molecular weight is 406 g/mol. The van der Waals surface area contributed by atoms with Crippen LogP contribution in [0.25, 0.3) is 0 Å². The number of carbonyl (C=O) groups excluding carboxylic acids is 1. The SMILES string of the molecule is CCN(CC)C(CNC(=O)c1cc(S(N)(=O)=O)ccc1OC)c1ccccc1. The first-order valence-electron chi connectivity index (χ1n) is 9.09. The molecular formula is C20H27N3O4S. The van der Waals surface area contributed by atoms with Gasteiger partial charge in [-0.25, -0.2) is 13.6 Å². The highest BCUT2D eigenvalue weighted by atomic mass is 32.2. The summed E-state index contributed by atoms with van der Waals surface area (Å²) in [7, 11) is -2.50. The lowest BCUT2D eigenvalue weighted by Crippen LogP contribution is -2.38. The van der Waals surface area contributed by atoms with Crippen LogP contribution < -0.4 is 15.2 Å². The van der Waals surface area contributed by atoms with Crippen LogP contribution in [0.5, 0.6) is 5.75 Å². The van der Waals surface area contributed by atoms with E-state index in [2.05, 4.69) is 24.1 Å². The maximum atomic E-state index is 12.8. The molecule has 1 amide bonds. The number of ether oxygens (including phenoxy) is 1. The Bertz CT molecular complexity index is 897. The first kappa shape index (κ1) is 21.9. The zero-order chi connectivity index (χ0) is 20.7. The van der Waals surface area contributed by atoms with Crippen molar-refractivity contribution in [3.05, 3.63) is 59.7 Å². The van der Waals surface area contributed by atoms with Crippen LogP contribution in [0.4, 0.5) is 0 Å². The van der Waals surface area contributed by atoms with Crippen LogP contribution in [-0.4, -0.2) is 46.0 Å². The van der Waals surface area contributed by atoms with Crippen LogP contribution in [0.3, 0.4) is 0 Å². The zero-order valence-corrected chi connectivity index (χ0v) is 17.2. The molecule has 0 aromatic heterocycles. The fourth-order valence-corrected chi connectivity index (χ4v) is 3.66. The Morgan fingerprint density at radius 1 is 1.14 bits per heavy atom. The van der Waals surface area contributed by atoms with Crippen molar-refractivity contribution in [2.24, 2.45) is 5.14 Å². The summed E-state index contributed by atoms with van der Waals surface area (Å²) in [5, 5.41) is 8.09. The Hall–Kier alpha value is -2.42. The molecule has 0 saturated carbocycles. The first-order chi connectivity index (χ1) is 13.3. The minimum atomic E-state index is -3.92. The number of hydrogen-bond donors (Lipinski definition) is 2. The molecule has 0 spiro atoms. The minimum Gasteiger partial charge on any atom is -0.496 e. The number of sulfonamides is 1. The van der Waals surface area contributed by atoms with Gasteiger partial charge in [-0.15, -0.1) is 0 Å². The molecule has 0 saturated heterocycles. The fraction of sp³-hybridized carbons (Fsp3) is 0.350. The molecule has 0 aliphatic heterocycles. The smallest absolute Gasteiger partial charge is 0.255 e. The lowest BCUT2D eigenvalue weighted by Gasteiger charge is -2.30. The van der Waals surface area contributed by atoms with Gasteiger partial charge in [-0.2, -0.15) is 0 Å². The normalized spacial score (nSPS) is 12.6. The van der Waals surface area contributed by atoms with Crippen LogP contribution >= 0.6 is 0 Å². The molecule has 152 valence electrons. The summed E-state index contributed by atoms with van der Waals surface area (Å²) in [4.78, 5) is 14.9. The van der Waals surface area contributed by atoms with Crippen molar-refractivity contribution < 1.29 is 17.9 Å². The summed E-state index contributed by atoms with van der Waals surface area (Å²) in [6.07, 6.45) is 0. The van der Waals surface area contributed by atoms with Gasteiger partial charge in [0.1, 0.15) is 5.75 Å². The van der Waals surface area contributed by atoms with Crippen LogP contribution in [0.15, 0.2) is 53.4 Å². The second-order valence-electron chi connectivity index (χ2n) is 6.26. The van der Waals surface area contributed by atoms with E-state index in [4.69, 9.17) is 9.88 Å². The second kappa shape index (κ2) is 9.68. The molecule has 1 unspecified atom stereocenters. The Labute approximate surface area is 166 Å². The second-order valence-corrected chi connectivity index (χ2v) is 7.83. The Morgan fingerprint density at radius 3 is 2.32 bits per heavy atom. The van der Waals surface area contributed by atoms with E-state index in [1.165, 1.54) is 25.3 Å². The molecule has 2 aromatic carbocycles. The number of nitrogens with zero attached hydrogens (tertiary/aromatic N) is 1. The molecule has 1 atom stereocenters. The highest BCUT2D eigenvalue weighted by Crippen LogP contribution is 2.23. The molecule has 0 bridgehead atoms. The molecule has 0 heterocycles. The Balaban J connectivity index is 2.27. The van der Waals surface area contributed by atoms with E-state index in [1.54, 1.807) is 0 Å². The van der Waals surface area contributed by atoms with Gasteiger partial charge in [-0.05, 0) is 36.9 Å². The highest BCUT2D eigenvalue weighted by molar-refractivity contribution is 7.89. The number of nitrogens with one attached hydrogen (secondary N) is 1. The summed E-state index contributed by atoms with van der Waals surface area (Å²) in [5.41, 5.74) is 1.22. The van der Waals surface area contributed by atoms with Gasteiger partial charge in [0, 0.05) is 6.54 Å². The fourth-order valence-electron chi connectivity index (χ4n) is 3.12. The van der Waals surface area contributed by atoms with Crippen molar-refractivity contribution in [1.82, 2.24) is 10.2 Å². The number of amides is 1. The number of nitrogens with two attached hydrogens (primary N) is 1. The minimum absolute atomic E-state index is 0.00688. The van der Waals surface area contributed by atoms with Gasteiger partial charge in [0.25, 0.3) is 5.91 Å². The van der Waals surface area contributed by atoms with E-state index >= 15 is 0 Å². The van der Waals surface area contributed by atoms with Crippen LogP contribution in [0.1, 0.15) is 35.8 Å². The van der Waals surface area contributed by atoms with Crippen molar-refractivity contribution in [3.63, 3.8) is 0 Å². The highest BCUT2D eigenvalue weighted by Gasteiger charge is 2.21. The van der Waals surface area contributed by atoms with Gasteiger partial charge in [0.05, 0.1) is 23.6 Å². The van der Waals surface area contributed by atoms with E-state index in [-0.39, 0.29) is 22.3 Å². The van der Waals surface area contributed by atoms with Crippen LogP contribution in [0, 0.1) is 0 Å². The Kier molecular flexibility index (Phi) is 7.56. The standard InChI is InChI=1S/C20H27N3O4S/c1-4-23(5-2)18(15-9-7-6-8-10-15)14-22-20(24)17-13-16(28(21,25)26)11-12-19(17)27-3/h6-13,18H,4-5,14H2,1-3H3,(H,22,24)(H2,21,25,26). The molecule has 28 heavy (non-hydrogen) atoms. The molecule has 0 aliphatic carbocycles. The molecule has 7 nitrogen and oxygen atoms in total. The van der Waals surface area contributed by atoms with E-state index in [1.807, 2.05) is 30.3 Å². The largest absolute Gasteiger partial charge is 0.496 e. The maximum Gasteiger partial charge on any atom is 0.255 e. The number of methoxy groups -OCH3 is 1. The lowest BCUT2D eigenvalue weighted by molar-refractivity contribution is 0.0931. The van der Waals surface area contributed by atoms with Crippen LogP contribution in [-0.2, 0) is 10.0 Å². The third kappa shape index (κ3) is 5.31. The van der Waals surface area contributed by atoms with Crippen molar-refractivity contribution in [2.75, 3.05) is 26.7 Å². The molecular weight excluding hydrogens is 378 g/mol. The molecule has 2 rings (SSSR count). The first-order valence-corrected chi connectivity index (χ1v) is 10.6. The third-order valence-corrected chi connectivity index (χ3v) is 5.55. The van der Waals surface area contributed by atoms with Crippen molar-refractivity contribution in [2.45, 2.75) is 24.8 Å². The summed E-state index contributed by atoms with van der Waals surface area (Å²) in [5.74, 6) is -0.139. The number of carbonyl (C=O) groups is 1. The number of benzene rings is 2. The monoisotopic (exact) mass is 405 g/mol. The van der Waals surface area contributed by atoms with Crippen LogP contribution in [0.2, 0.25) is 0 Å². The van der Waals surface area contributed by atoms with Gasteiger partial charge in [-0.3, -0.25) is 9.69 Å². The summed E-state index contributed by atoms with van der Waals surface area (Å²) >= 11 is 0. The van der Waals surface area contributed by atoms with E-state index in [0.29, 0.717) is 6.54 Å². The summed E-state index contributed by atoms with van der Waals surface area (Å²) in [6, 6.07) is 13.9. The van der Waals surface area contributed by atoms with E-state index in [9.17, 15) is 13.2 Å². The number of primary sulfonamides is 1. The molecule has 3 N–H and O–H groups in total. The molecule has 8 heteroatoms. The van der Waals surface area contributed by atoms with Crippen molar-refractivity contribution >= 4 is 15.9 Å². The zero-order valence-electron chi connectivity index (χ0n) is 16.4. The van der Waals surface area contributed by atoms with Gasteiger partial charge >= 0.3 is 0 Å². The maximum absolute atomic E-state index is 12.8. The molecule has 0 aliphatic rings. The Morgan fingerprint density at radius 2 is 1.79 bits per heavy atom. The van der Waals surface area contributed by atoms with Gasteiger partial charge in [0.2, 0.25) is 10.0 Å². The predicted molar refractivity (Wildman–Crippen MR) is 109 cm³/mol. The van der Waals surface area contributed by atoms with Crippen molar-refractivity contribution in [1.29, 1.82) is 0 Å². The lowest BCUT2D eigenvalue weighted by atomic mass is 10.0. The van der Waals surface area contributed by atoms with Gasteiger partial charge in [0.15, 0.2) is 0 Å². The molecule has 0 radical (unpaired) electrons. The summed E-state index contributed by atoms with van der Waals surface area (Å²) in [6.45, 7) is 6.17.